The van der Waals surface area contributed by atoms with Crippen LogP contribution in [-0.4, -0.2) is 86.5 Å². The van der Waals surface area contributed by atoms with Crippen molar-refractivity contribution in [1.29, 1.82) is 0 Å². The third-order valence-electron chi connectivity index (χ3n) is 10.8. The molecule has 1 aromatic heterocycles. The lowest BCUT2D eigenvalue weighted by Crippen LogP contribution is -2.49. The summed E-state index contributed by atoms with van der Waals surface area (Å²) in [5.41, 5.74) is 2.08. The van der Waals surface area contributed by atoms with Crippen LogP contribution >= 0.6 is 0 Å². The fourth-order valence-corrected chi connectivity index (χ4v) is 7.96. The molecule has 0 aliphatic carbocycles. The number of nitrogens with zero attached hydrogens (tertiary/aromatic N) is 2. The highest BCUT2D eigenvalue weighted by Gasteiger charge is 2.40. The number of H-pyrrole nitrogens is 1. The Labute approximate surface area is 357 Å². The number of aromatic amines is 1. The normalized spacial score (nSPS) is 17.2. The number of alkyl carbamates (subject to hydrolysis) is 1. The van der Waals surface area contributed by atoms with Gasteiger partial charge in [-0.05, 0) is 87.9 Å². The number of likely N-dealkylation sites (tertiary alicyclic amines) is 2. The van der Waals surface area contributed by atoms with Crippen LogP contribution in [0.4, 0.5) is 25.4 Å². The lowest BCUT2D eigenvalue weighted by Gasteiger charge is -2.29. The maximum atomic E-state index is 16.1. The monoisotopic (exact) mass is 845 g/mol. The van der Waals surface area contributed by atoms with Crippen LogP contribution in [0.1, 0.15) is 69.7 Å². The maximum absolute atomic E-state index is 16.1. The molecule has 16 heteroatoms. The molecule has 0 spiro atoms. The van der Waals surface area contributed by atoms with Crippen molar-refractivity contribution in [2.24, 2.45) is 0 Å². The first-order valence-corrected chi connectivity index (χ1v) is 20.4. The molecule has 2 aliphatic rings. The van der Waals surface area contributed by atoms with E-state index in [0.29, 0.717) is 65.8 Å². The van der Waals surface area contributed by atoms with Crippen molar-refractivity contribution in [2.45, 2.75) is 76.2 Å². The average molecular weight is 846 g/mol. The molecule has 0 unspecified atom stereocenters. The number of hydrogen-bond donors (Lipinski definition) is 6. The molecular formula is C46H48FN7O8. The van der Waals surface area contributed by atoms with Gasteiger partial charge in [0.1, 0.15) is 29.8 Å². The Morgan fingerprint density at radius 1 is 0.710 bits per heavy atom. The van der Waals surface area contributed by atoms with E-state index in [1.54, 1.807) is 118 Å². The van der Waals surface area contributed by atoms with Gasteiger partial charge in [-0.25, -0.2) is 14.0 Å². The molecule has 2 saturated heterocycles. The number of benzene rings is 4. The first-order valence-electron chi connectivity index (χ1n) is 20.4. The van der Waals surface area contributed by atoms with Crippen molar-refractivity contribution < 1.29 is 43.0 Å². The summed E-state index contributed by atoms with van der Waals surface area (Å²) in [6, 6.07) is 24.5. The Morgan fingerprint density at radius 3 is 1.73 bits per heavy atom. The number of fused-ring (bicyclic) bond motifs is 1. The summed E-state index contributed by atoms with van der Waals surface area (Å²) < 4.78 is 21.5. The van der Waals surface area contributed by atoms with Gasteiger partial charge in [0.15, 0.2) is 5.82 Å². The third kappa shape index (κ3) is 9.70. The van der Waals surface area contributed by atoms with Crippen LogP contribution in [0.25, 0.3) is 22.2 Å². The zero-order valence-electron chi connectivity index (χ0n) is 34.4. The van der Waals surface area contributed by atoms with Gasteiger partial charge < -0.3 is 45.9 Å². The van der Waals surface area contributed by atoms with E-state index >= 15 is 4.39 Å². The quantitative estimate of drug-likeness (QED) is 0.0807. The van der Waals surface area contributed by atoms with Crippen LogP contribution < -0.4 is 21.3 Å². The molecule has 2 aliphatic heterocycles. The molecule has 4 aromatic carbocycles. The van der Waals surface area contributed by atoms with E-state index < -0.39 is 71.4 Å². The summed E-state index contributed by atoms with van der Waals surface area (Å²) in [4.78, 5) is 85.1. The number of carboxylic acid groups (broad SMARTS) is 1. The Kier molecular flexibility index (Phi) is 12.6. The van der Waals surface area contributed by atoms with Crippen LogP contribution in [0.5, 0.6) is 0 Å². The summed E-state index contributed by atoms with van der Waals surface area (Å²) >= 11 is 0. The van der Waals surface area contributed by atoms with Gasteiger partial charge in [0.05, 0.1) is 5.69 Å². The molecule has 0 radical (unpaired) electrons. The van der Waals surface area contributed by atoms with Crippen molar-refractivity contribution in [3.63, 3.8) is 0 Å². The summed E-state index contributed by atoms with van der Waals surface area (Å²) in [5.74, 6) is -2.43. The lowest BCUT2D eigenvalue weighted by molar-refractivity contribution is -0.138. The second kappa shape index (κ2) is 18.2. The molecule has 2 fully saturated rings. The number of halogens is 1. The van der Waals surface area contributed by atoms with Crippen LogP contribution in [0.3, 0.4) is 0 Å². The molecule has 322 valence electrons. The lowest BCUT2D eigenvalue weighted by atomic mass is 10.0. The zero-order valence-corrected chi connectivity index (χ0v) is 34.4. The summed E-state index contributed by atoms with van der Waals surface area (Å²) in [6.07, 6.45) is -0.218. The van der Waals surface area contributed by atoms with E-state index in [1.165, 1.54) is 15.9 Å². The molecule has 62 heavy (non-hydrogen) atoms. The average Bonchev–Trinajstić information content (AvgIpc) is 4.02. The Balaban J connectivity index is 1.01. The van der Waals surface area contributed by atoms with E-state index in [0.717, 1.165) is 0 Å². The second-order valence-corrected chi connectivity index (χ2v) is 16.3. The minimum Gasteiger partial charge on any atom is -0.465 e. The largest absolute Gasteiger partial charge is 0.465 e. The van der Waals surface area contributed by atoms with E-state index in [1.807, 2.05) is 0 Å². The maximum Gasteiger partial charge on any atom is 0.408 e. The first-order chi connectivity index (χ1) is 29.7. The van der Waals surface area contributed by atoms with Gasteiger partial charge in [0.2, 0.25) is 11.8 Å². The van der Waals surface area contributed by atoms with Crippen molar-refractivity contribution in [2.75, 3.05) is 23.7 Å². The smallest absolute Gasteiger partial charge is 0.408 e. The topological polar surface area (TPSA) is 202 Å². The van der Waals surface area contributed by atoms with E-state index in [4.69, 9.17) is 4.74 Å². The molecule has 7 rings (SSSR count). The van der Waals surface area contributed by atoms with Crippen molar-refractivity contribution in [3.05, 3.63) is 120 Å². The summed E-state index contributed by atoms with van der Waals surface area (Å²) in [6.45, 7) is 5.75. The number of hydrogen-bond acceptors (Lipinski definition) is 7. The highest BCUT2D eigenvalue weighted by atomic mass is 19.1. The van der Waals surface area contributed by atoms with Gasteiger partial charge >= 0.3 is 12.2 Å². The predicted octanol–water partition coefficient (Wildman–Crippen LogP) is 7.11. The Bertz CT molecular complexity index is 2470. The van der Waals surface area contributed by atoms with Gasteiger partial charge in [0.25, 0.3) is 11.8 Å². The minimum absolute atomic E-state index is 0.184. The number of anilines is 2. The van der Waals surface area contributed by atoms with Crippen LogP contribution in [-0.2, 0) is 23.9 Å². The highest BCUT2D eigenvalue weighted by molar-refractivity contribution is 6.01. The number of ether oxygens (including phenoxy) is 1. The van der Waals surface area contributed by atoms with Gasteiger partial charge in [-0.1, -0.05) is 72.8 Å². The molecule has 6 N–H and O–H groups in total. The van der Waals surface area contributed by atoms with E-state index in [9.17, 15) is 33.9 Å². The third-order valence-corrected chi connectivity index (χ3v) is 10.8. The van der Waals surface area contributed by atoms with Crippen LogP contribution in [0.15, 0.2) is 103 Å². The molecule has 5 aromatic rings. The van der Waals surface area contributed by atoms with Gasteiger partial charge in [-0.2, -0.15) is 0 Å². The van der Waals surface area contributed by atoms with Gasteiger partial charge in [-0.15, -0.1) is 0 Å². The molecule has 6 amide bonds. The summed E-state index contributed by atoms with van der Waals surface area (Å²) in [5, 5.41) is 20.3. The van der Waals surface area contributed by atoms with Crippen LogP contribution in [0.2, 0.25) is 0 Å². The number of amides is 6. The second-order valence-electron chi connectivity index (χ2n) is 16.3. The molecule has 15 nitrogen and oxygen atoms in total. The number of aromatic nitrogens is 1. The standard InChI is InChI=1S/C46H48FN7O8/c1-46(2,3)62-45(61)52-39(28-14-8-5-9-15-28)43(58)54-25-11-17-35(54)41(56)49-31-22-23-33-32(26-31)36(47)37(50-33)29-18-20-30(21-19-29)48-40(55)34-16-10-24-53(34)42(57)38(51-44(59)60)27-12-6-4-7-13-27/h4-9,12-15,18-23,26,34-35,38-39,50-51H,10-11,16-17,24-25H2,1-3H3,(H,48,55)(H,49,56)(H,52,61)(H,59,60)/t34-,35-,38+,39+/m0/s1. The SMILES string of the molecule is CC(C)(C)OC(=O)N[C@@H](C(=O)N1CCC[C@H]1C(=O)Nc1ccc2[nH]c(-c3ccc(NC(=O)[C@@H]4CCCN4C(=O)[C@H](NC(=O)O)c4ccccc4)cc3)c(F)c2c1)c1ccccc1. The van der Waals surface area contributed by atoms with Crippen molar-refractivity contribution in [1.82, 2.24) is 25.4 Å². The van der Waals surface area contributed by atoms with Crippen LogP contribution in [0, 0.1) is 5.82 Å². The van der Waals surface area contributed by atoms with Crippen molar-refractivity contribution in [3.8, 4) is 11.3 Å². The molecule has 3 heterocycles. The fraction of sp³-hybridized carbons (Fsp3) is 0.304. The molecule has 0 bridgehead atoms. The van der Waals surface area contributed by atoms with E-state index in [-0.39, 0.29) is 17.6 Å². The Hall–Kier alpha value is -7.23. The van der Waals surface area contributed by atoms with E-state index in [2.05, 4.69) is 26.3 Å². The Morgan fingerprint density at radius 2 is 1.21 bits per heavy atom. The van der Waals surface area contributed by atoms with Gasteiger partial charge in [0, 0.05) is 40.9 Å². The highest BCUT2D eigenvalue weighted by Crippen LogP contribution is 2.33. The number of carbonyl (C=O) groups is 6. The number of rotatable bonds is 11. The predicted molar refractivity (Wildman–Crippen MR) is 229 cm³/mol. The van der Waals surface area contributed by atoms with Crippen molar-refractivity contribution >= 4 is 58.1 Å². The number of carbonyl (C=O) groups excluding carboxylic acids is 5. The summed E-state index contributed by atoms with van der Waals surface area (Å²) in [7, 11) is 0. The molecule has 0 saturated carbocycles. The minimum atomic E-state index is -1.36. The zero-order chi connectivity index (χ0) is 44.1. The molecule has 4 atom stereocenters. The first kappa shape index (κ1) is 42.9. The number of nitrogens with one attached hydrogen (secondary N) is 5. The fourth-order valence-electron chi connectivity index (χ4n) is 7.96. The molecular weight excluding hydrogens is 798 g/mol. The van der Waals surface area contributed by atoms with Gasteiger partial charge in [-0.3, -0.25) is 19.2 Å².